The van der Waals surface area contributed by atoms with Crippen molar-refractivity contribution in [2.24, 2.45) is 0 Å². The number of carbonyl (C=O) groups is 2. The largest absolute Gasteiger partial charge is 0.495 e. The first-order chi connectivity index (χ1) is 13.9. The Bertz CT molecular complexity index is 1050. The predicted octanol–water partition coefficient (Wildman–Crippen LogP) is 4.37. The van der Waals surface area contributed by atoms with Crippen molar-refractivity contribution in [3.8, 4) is 17.0 Å². The number of benzene rings is 2. The molecule has 9 heteroatoms. The average molecular weight is 434 g/mol. The quantitative estimate of drug-likeness (QED) is 0.623. The summed E-state index contributed by atoms with van der Waals surface area (Å²) in [6, 6.07) is 13.4. The molecule has 0 fully saturated rings. The number of likely N-dealkylation sites (N-methyl/N-ethyl adjacent to an activating group) is 1. The van der Waals surface area contributed by atoms with Gasteiger partial charge in [-0.25, -0.2) is 0 Å². The molecule has 2 amide bonds. The molecule has 2 aromatic carbocycles. The number of amides is 2. The smallest absolute Gasteiger partial charge is 0.292 e. The summed E-state index contributed by atoms with van der Waals surface area (Å²) in [7, 11) is 2.97. The molecule has 29 heavy (non-hydrogen) atoms. The van der Waals surface area contributed by atoms with Crippen LogP contribution in [0.2, 0.25) is 10.0 Å². The van der Waals surface area contributed by atoms with Gasteiger partial charge in [0.05, 0.1) is 19.3 Å². The average Bonchev–Trinajstić information content (AvgIpc) is 3.17. The van der Waals surface area contributed by atoms with Crippen LogP contribution in [-0.4, -0.2) is 42.6 Å². The number of hydrogen-bond acceptors (Lipinski definition) is 5. The van der Waals surface area contributed by atoms with Crippen molar-refractivity contribution in [3.05, 3.63) is 64.3 Å². The minimum atomic E-state index is -0.487. The molecule has 0 saturated heterocycles. The molecule has 0 aliphatic heterocycles. The van der Waals surface area contributed by atoms with Crippen LogP contribution in [0.1, 0.15) is 10.6 Å². The van der Waals surface area contributed by atoms with Crippen molar-refractivity contribution < 1.29 is 18.8 Å². The predicted molar refractivity (Wildman–Crippen MR) is 111 cm³/mol. The van der Waals surface area contributed by atoms with E-state index in [1.54, 1.807) is 42.5 Å². The minimum absolute atomic E-state index is 0.00983. The van der Waals surface area contributed by atoms with E-state index in [1.807, 2.05) is 0 Å². The van der Waals surface area contributed by atoms with Gasteiger partial charge in [0.25, 0.3) is 5.91 Å². The third kappa shape index (κ3) is 5.07. The second-order valence-electron chi connectivity index (χ2n) is 6.14. The highest BCUT2D eigenvalue weighted by molar-refractivity contribution is 6.31. The number of aromatic nitrogens is 1. The third-order valence-corrected chi connectivity index (χ3v) is 4.47. The fraction of sp³-hybridized carbons (Fsp3) is 0.150. The van der Waals surface area contributed by atoms with Crippen LogP contribution in [0, 0.1) is 0 Å². The van der Waals surface area contributed by atoms with Crippen LogP contribution in [0.25, 0.3) is 11.3 Å². The molecular weight excluding hydrogens is 417 g/mol. The highest BCUT2D eigenvalue weighted by Crippen LogP contribution is 2.27. The van der Waals surface area contributed by atoms with E-state index in [2.05, 4.69) is 10.5 Å². The maximum Gasteiger partial charge on any atom is 0.292 e. The highest BCUT2D eigenvalue weighted by atomic mass is 35.5. The van der Waals surface area contributed by atoms with Crippen LogP contribution >= 0.6 is 23.2 Å². The molecule has 3 aromatic rings. The Labute approximate surface area is 177 Å². The van der Waals surface area contributed by atoms with Crippen LogP contribution in [0.3, 0.4) is 0 Å². The lowest BCUT2D eigenvalue weighted by molar-refractivity contribution is -0.116. The van der Waals surface area contributed by atoms with Gasteiger partial charge in [-0.15, -0.1) is 0 Å². The van der Waals surface area contributed by atoms with E-state index in [0.29, 0.717) is 32.7 Å². The molecule has 0 saturated carbocycles. The maximum atomic E-state index is 12.6. The Morgan fingerprint density at radius 2 is 1.90 bits per heavy atom. The zero-order valence-corrected chi connectivity index (χ0v) is 17.1. The molecule has 0 bridgehead atoms. The van der Waals surface area contributed by atoms with E-state index in [-0.39, 0.29) is 12.3 Å². The monoisotopic (exact) mass is 433 g/mol. The Morgan fingerprint density at radius 3 is 2.62 bits per heavy atom. The molecule has 150 valence electrons. The van der Waals surface area contributed by atoms with Gasteiger partial charge in [-0.2, -0.15) is 0 Å². The van der Waals surface area contributed by atoms with Gasteiger partial charge in [0.1, 0.15) is 11.4 Å². The fourth-order valence-corrected chi connectivity index (χ4v) is 2.97. The normalized spacial score (nSPS) is 10.5. The number of methoxy groups -OCH3 is 1. The van der Waals surface area contributed by atoms with Crippen LogP contribution in [0.15, 0.2) is 53.1 Å². The third-order valence-electron chi connectivity index (χ3n) is 4.00. The minimum Gasteiger partial charge on any atom is -0.495 e. The molecule has 1 N–H and O–H groups in total. The summed E-state index contributed by atoms with van der Waals surface area (Å²) in [6.45, 7) is -0.207. The first kappa shape index (κ1) is 20.7. The standard InChI is InChI=1S/C20H17Cl2N3O4/c1-25(11-19(26)23-16-9-14(22)6-7-17(16)28-2)20(27)18-10-15(24-29-18)12-4-3-5-13(21)8-12/h3-10H,11H2,1-2H3,(H,23,26). The summed E-state index contributed by atoms with van der Waals surface area (Å²) in [4.78, 5) is 26.1. The zero-order valence-electron chi connectivity index (χ0n) is 15.6. The van der Waals surface area contributed by atoms with Crippen molar-refractivity contribution >= 4 is 40.7 Å². The molecule has 0 spiro atoms. The van der Waals surface area contributed by atoms with E-state index in [0.717, 1.165) is 0 Å². The van der Waals surface area contributed by atoms with E-state index < -0.39 is 11.8 Å². The Balaban J connectivity index is 1.66. The lowest BCUT2D eigenvalue weighted by Gasteiger charge is -2.16. The second-order valence-corrected chi connectivity index (χ2v) is 7.01. The van der Waals surface area contributed by atoms with Gasteiger partial charge in [-0.3, -0.25) is 9.59 Å². The second kappa shape index (κ2) is 8.98. The Hall–Kier alpha value is -3.03. The van der Waals surface area contributed by atoms with Crippen molar-refractivity contribution in [3.63, 3.8) is 0 Å². The van der Waals surface area contributed by atoms with Crippen LogP contribution in [0.4, 0.5) is 5.69 Å². The number of anilines is 1. The summed E-state index contributed by atoms with van der Waals surface area (Å²) >= 11 is 11.9. The summed E-state index contributed by atoms with van der Waals surface area (Å²) in [5.41, 5.74) is 1.60. The first-order valence-electron chi connectivity index (χ1n) is 8.49. The summed E-state index contributed by atoms with van der Waals surface area (Å²) in [6.07, 6.45) is 0. The number of ether oxygens (including phenoxy) is 1. The van der Waals surface area contributed by atoms with Crippen LogP contribution < -0.4 is 10.1 Å². The molecule has 0 radical (unpaired) electrons. The number of nitrogens with zero attached hydrogens (tertiary/aromatic N) is 2. The number of rotatable bonds is 6. The number of nitrogens with one attached hydrogen (secondary N) is 1. The number of carbonyl (C=O) groups excluding carboxylic acids is 2. The zero-order chi connectivity index (χ0) is 21.0. The summed E-state index contributed by atoms with van der Waals surface area (Å²) < 4.78 is 10.3. The molecule has 3 rings (SSSR count). The van der Waals surface area contributed by atoms with Crippen molar-refractivity contribution in [2.45, 2.75) is 0 Å². The van der Waals surface area contributed by atoms with Crippen molar-refractivity contribution in [1.29, 1.82) is 0 Å². The summed E-state index contributed by atoms with van der Waals surface area (Å²) in [5, 5.41) is 7.56. The Morgan fingerprint density at radius 1 is 1.14 bits per heavy atom. The van der Waals surface area contributed by atoms with Crippen LogP contribution in [-0.2, 0) is 4.79 Å². The summed E-state index contributed by atoms with van der Waals surface area (Å²) in [5.74, 6) is -0.441. The number of hydrogen-bond donors (Lipinski definition) is 1. The Kier molecular flexibility index (Phi) is 6.41. The molecule has 1 heterocycles. The van der Waals surface area contributed by atoms with E-state index in [9.17, 15) is 9.59 Å². The van der Waals surface area contributed by atoms with Gasteiger partial charge in [0, 0.05) is 28.7 Å². The van der Waals surface area contributed by atoms with Crippen molar-refractivity contribution in [2.75, 3.05) is 26.0 Å². The molecule has 1 aromatic heterocycles. The molecule has 0 unspecified atom stereocenters. The molecular formula is C20H17Cl2N3O4. The topological polar surface area (TPSA) is 84.7 Å². The highest BCUT2D eigenvalue weighted by Gasteiger charge is 2.21. The molecule has 0 aliphatic carbocycles. The van der Waals surface area contributed by atoms with Gasteiger partial charge in [-0.1, -0.05) is 40.5 Å². The first-order valence-corrected chi connectivity index (χ1v) is 9.24. The SMILES string of the molecule is COc1ccc(Cl)cc1NC(=O)CN(C)C(=O)c1cc(-c2cccc(Cl)c2)no1. The maximum absolute atomic E-state index is 12.6. The van der Waals surface area contributed by atoms with E-state index in [1.165, 1.54) is 25.1 Å². The lowest BCUT2D eigenvalue weighted by atomic mass is 10.1. The fourth-order valence-electron chi connectivity index (χ4n) is 2.60. The molecule has 0 atom stereocenters. The molecule has 7 nitrogen and oxygen atoms in total. The van der Waals surface area contributed by atoms with Gasteiger partial charge in [0.2, 0.25) is 11.7 Å². The van der Waals surface area contributed by atoms with E-state index >= 15 is 0 Å². The molecule has 0 aliphatic rings. The van der Waals surface area contributed by atoms with Gasteiger partial charge < -0.3 is 19.5 Å². The van der Waals surface area contributed by atoms with Crippen molar-refractivity contribution in [1.82, 2.24) is 10.1 Å². The van der Waals surface area contributed by atoms with Gasteiger partial charge in [0.15, 0.2) is 0 Å². The number of halogens is 2. The van der Waals surface area contributed by atoms with Gasteiger partial charge >= 0.3 is 0 Å². The van der Waals surface area contributed by atoms with E-state index in [4.69, 9.17) is 32.5 Å². The van der Waals surface area contributed by atoms with Gasteiger partial charge in [-0.05, 0) is 30.3 Å². The van der Waals surface area contributed by atoms with Crippen LogP contribution in [0.5, 0.6) is 5.75 Å². The lowest BCUT2D eigenvalue weighted by Crippen LogP contribution is -2.34.